The average molecular weight is 440 g/mol. The van der Waals surface area contributed by atoms with Gasteiger partial charge in [0.15, 0.2) is 5.16 Å². The highest BCUT2D eigenvalue weighted by molar-refractivity contribution is 7.99. The second kappa shape index (κ2) is 10.1. The van der Waals surface area contributed by atoms with Gasteiger partial charge < -0.3 is 9.64 Å². The Kier molecular flexibility index (Phi) is 7.51. The predicted molar refractivity (Wildman–Crippen MR) is 126 cm³/mol. The molecule has 6 nitrogen and oxygen atoms in total. The number of benzene rings is 2. The first-order valence-corrected chi connectivity index (χ1v) is 11.2. The Hall–Kier alpha value is -2.64. The summed E-state index contributed by atoms with van der Waals surface area (Å²) in [6.45, 7) is 6.96. The van der Waals surface area contributed by atoms with Crippen molar-refractivity contribution in [2.75, 3.05) is 26.5 Å². The molecule has 2 aromatic carbocycles. The van der Waals surface area contributed by atoms with E-state index in [1.807, 2.05) is 25.1 Å². The molecule has 3 aromatic rings. The first-order chi connectivity index (χ1) is 14.8. The molecule has 0 saturated carbocycles. The third-order valence-corrected chi connectivity index (χ3v) is 6.22. The molecule has 0 aliphatic rings. The molecule has 0 aliphatic heterocycles. The van der Waals surface area contributed by atoms with Gasteiger partial charge in [-0.25, -0.2) is 4.98 Å². The van der Waals surface area contributed by atoms with Gasteiger partial charge in [0.2, 0.25) is 5.91 Å². The van der Waals surface area contributed by atoms with Crippen molar-refractivity contribution in [2.45, 2.75) is 38.5 Å². The highest BCUT2D eigenvalue weighted by atomic mass is 32.2. The number of carbonyl (C=O) groups excluding carboxylic acids is 1. The molecule has 0 spiro atoms. The Bertz CT molecular complexity index is 1140. The van der Waals surface area contributed by atoms with E-state index in [9.17, 15) is 9.59 Å². The van der Waals surface area contributed by atoms with Crippen molar-refractivity contribution in [2.24, 2.45) is 0 Å². The van der Waals surface area contributed by atoms with Crippen LogP contribution in [0, 0.1) is 13.8 Å². The molecule has 0 fully saturated rings. The summed E-state index contributed by atoms with van der Waals surface area (Å²) < 4.78 is 6.89. The van der Waals surface area contributed by atoms with Crippen LogP contribution in [0.25, 0.3) is 10.9 Å². The van der Waals surface area contributed by atoms with Gasteiger partial charge in [0.25, 0.3) is 5.56 Å². The number of thioether (sulfide) groups is 1. The molecule has 164 valence electrons. The maximum Gasteiger partial charge on any atom is 0.262 e. The van der Waals surface area contributed by atoms with Gasteiger partial charge in [-0.05, 0) is 44.0 Å². The van der Waals surface area contributed by atoms with Gasteiger partial charge >= 0.3 is 0 Å². The number of nitrogens with zero attached hydrogens (tertiary/aromatic N) is 3. The number of ether oxygens (including phenoxy) is 1. The van der Waals surface area contributed by atoms with Crippen molar-refractivity contribution in [3.63, 3.8) is 0 Å². The van der Waals surface area contributed by atoms with Crippen LogP contribution in [0.3, 0.4) is 0 Å². The normalized spacial score (nSPS) is 12.2. The van der Waals surface area contributed by atoms with E-state index in [4.69, 9.17) is 4.74 Å². The van der Waals surface area contributed by atoms with Crippen molar-refractivity contribution in [3.8, 4) is 0 Å². The fourth-order valence-electron chi connectivity index (χ4n) is 3.54. The third kappa shape index (κ3) is 5.35. The van der Waals surface area contributed by atoms with Gasteiger partial charge in [0, 0.05) is 20.7 Å². The molecule has 3 rings (SSSR count). The molecule has 0 radical (unpaired) electrons. The van der Waals surface area contributed by atoms with Crippen molar-refractivity contribution >= 4 is 28.6 Å². The van der Waals surface area contributed by atoms with Crippen LogP contribution < -0.4 is 5.56 Å². The summed E-state index contributed by atoms with van der Waals surface area (Å²) in [6.07, 6.45) is 0. The minimum Gasteiger partial charge on any atom is -0.383 e. The van der Waals surface area contributed by atoms with E-state index in [-0.39, 0.29) is 23.3 Å². The highest BCUT2D eigenvalue weighted by Crippen LogP contribution is 2.22. The number of hydrogen-bond acceptors (Lipinski definition) is 5. The van der Waals surface area contributed by atoms with Crippen LogP contribution in [0.4, 0.5) is 0 Å². The summed E-state index contributed by atoms with van der Waals surface area (Å²) in [6, 6.07) is 13.3. The number of para-hydroxylation sites is 1. The van der Waals surface area contributed by atoms with Gasteiger partial charge in [-0.3, -0.25) is 14.2 Å². The number of aromatic nitrogens is 2. The molecule has 0 N–H and O–H groups in total. The molecular formula is C24H29N3O3S. The number of rotatable bonds is 8. The molecule has 1 amide bonds. The number of methoxy groups -OCH3 is 1. The molecule has 0 bridgehead atoms. The van der Waals surface area contributed by atoms with Gasteiger partial charge in [0.1, 0.15) is 0 Å². The quantitative estimate of drug-likeness (QED) is 0.393. The largest absolute Gasteiger partial charge is 0.383 e. The minimum atomic E-state index is -0.194. The Labute approximate surface area is 187 Å². The van der Waals surface area contributed by atoms with Crippen molar-refractivity contribution in [1.29, 1.82) is 0 Å². The zero-order valence-electron chi connectivity index (χ0n) is 18.7. The SMILES string of the molecule is COC[C@@H](C)n1c(SCC(=O)N(C)Cc2ccc(C)cc2C)nc2ccccc2c1=O. The Morgan fingerprint density at radius 3 is 2.68 bits per heavy atom. The molecule has 0 saturated heterocycles. The average Bonchev–Trinajstić information content (AvgIpc) is 2.74. The predicted octanol–water partition coefficient (Wildman–Crippen LogP) is 3.97. The summed E-state index contributed by atoms with van der Waals surface area (Å²) in [7, 11) is 3.41. The molecule has 0 aliphatic carbocycles. The fourth-order valence-corrected chi connectivity index (χ4v) is 4.57. The zero-order chi connectivity index (χ0) is 22.5. The van der Waals surface area contributed by atoms with E-state index in [2.05, 4.69) is 37.0 Å². The van der Waals surface area contributed by atoms with Crippen LogP contribution in [0.5, 0.6) is 0 Å². The first kappa shape index (κ1) is 23.0. The number of aryl methyl sites for hydroxylation is 2. The molecule has 0 unspecified atom stereocenters. The standard InChI is InChI=1S/C24H29N3O3S/c1-16-10-11-19(17(2)12-16)13-26(4)22(28)15-31-24-25-21-9-7-6-8-20(21)23(29)27(24)18(3)14-30-5/h6-12,18H,13-15H2,1-5H3/t18-/m1/s1. The summed E-state index contributed by atoms with van der Waals surface area (Å²) in [4.78, 5) is 32.3. The Morgan fingerprint density at radius 2 is 1.97 bits per heavy atom. The lowest BCUT2D eigenvalue weighted by molar-refractivity contribution is -0.127. The van der Waals surface area contributed by atoms with Crippen LogP contribution in [0.1, 0.15) is 29.7 Å². The fraction of sp³-hybridized carbons (Fsp3) is 0.375. The summed E-state index contributed by atoms with van der Waals surface area (Å²) in [5.41, 5.74) is 4.02. The van der Waals surface area contributed by atoms with Crippen molar-refractivity contribution in [3.05, 3.63) is 69.5 Å². The first-order valence-electron chi connectivity index (χ1n) is 10.2. The number of hydrogen-bond donors (Lipinski definition) is 0. The van der Waals surface area contributed by atoms with Crippen LogP contribution >= 0.6 is 11.8 Å². The van der Waals surface area contributed by atoms with Gasteiger partial charge in [0.05, 0.1) is 29.3 Å². The molecule has 1 aromatic heterocycles. The molecule has 7 heteroatoms. The molecule has 1 atom stereocenters. The van der Waals surface area contributed by atoms with Gasteiger partial charge in [-0.15, -0.1) is 0 Å². The van der Waals surface area contributed by atoms with Crippen molar-refractivity contribution in [1.82, 2.24) is 14.5 Å². The number of fused-ring (bicyclic) bond motifs is 1. The highest BCUT2D eigenvalue weighted by Gasteiger charge is 2.19. The van der Waals surface area contributed by atoms with Gasteiger partial charge in [-0.1, -0.05) is 47.7 Å². The lowest BCUT2D eigenvalue weighted by Gasteiger charge is -2.21. The van der Waals surface area contributed by atoms with E-state index < -0.39 is 0 Å². The van der Waals surface area contributed by atoms with E-state index in [1.54, 1.807) is 29.7 Å². The smallest absolute Gasteiger partial charge is 0.262 e. The van der Waals surface area contributed by atoms with Crippen LogP contribution in [0.15, 0.2) is 52.4 Å². The Morgan fingerprint density at radius 1 is 1.23 bits per heavy atom. The minimum absolute atomic E-state index is 0.0154. The van der Waals surface area contributed by atoms with Crippen LogP contribution in [-0.4, -0.2) is 46.9 Å². The number of amides is 1. The maximum absolute atomic E-state index is 13.1. The van der Waals surface area contributed by atoms with Crippen LogP contribution in [0.2, 0.25) is 0 Å². The topological polar surface area (TPSA) is 64.4 Å². The second-order valence-electron chi connectivity index (χ2n) is 7.86. The Balaban J connectivity index is 1.81. The molecule has 1 heterocycles. The van der Waals surface area contributed by atoms with Crippen LogP contribution in [-0.2, 0) is 16.1 Å². The van der Waals surface area contributed by atoms with E-state index in [1.165, 1.54) is 22.9 Å². The van der Waals surface area contributed by atoms with E-state index in [0.717, 1.165) is 5.56 Å². The third-order valence-electron chi connectivity index (χ3n) is 5.28. The monoisotopic (exact) mass is 439 g/mol. The van der Waals surface area contributed by atoms with Gasteiger partial charge in [-0.2, -0.15) is 0 Å². The molecule has 31 heavy (non-hydrogen) atoms. The van der Waals surface area contributed by atoms with Crippen molar-refractivity contribution < 1.29 is 9.53 Å². The molecular weight excluding hydrogens is 410 g/mol. The summed E-state index contributed by atoms with van der Waals surface area (Å²) >= 11 is 1.29. The lowest BCUT2D eigenvalue weighted by atomic mass is 10.1. The van der Waals surface area contributed by atoms with E-state index in [0.29, 0.717) is 29.2 Å². The summed E-state index contributed by atoms with van der Waals surface area (Å²) in [5, 5.41) is 1.09. The van der Waals surface area contributed by atoms with E-state index >= 15 is 0 Å². The number of carbonyl (C=O) groups is 1. The summed E-state index contributed by atoms with van der Waals surface area (Å²) in [5.74, 6) is 0.185. The lowest BCUT2D eigenvalue weighted by Crippen LogP contribution is -2.30. The zero-order valence-corrected chi connectivity index (χ0v) is 19.5. The second-order valence-corrected chi connectivity index (χ2v) is 8.80. The maximum atomic E-state index is 13.1.